The lowest BCUT2D eigenvalue weighted by atomic mass is 10.2. The van der Waals surface area contributed by atoms with Gasteiger partial charge >= 0.3 is 6.03 Å². The zero-order valence-corrected chi connectivity index (χ0v) is 13.4. The average molecular weight is 330 g/mol. The number of amides is 2. The number of carbonyl (C=O) groups excluding carboxylic acids is 1. The van der Waals surface area contributed by atoms with Crippen molar-refractivity contribution in [2.45, 2.75) is 12.5 Å². The molecule has 0 saturated carbocycles. The van der Waals surface area contributed by atoms with Gasteiger partial charge in [-0.05, 0) is 30.7 Å². The maximum Gasteiger partial charge on any atom is 0.326 e. The van der Waals surface area contributed by atoms with Crippen molar-refractivity contribution in [3.8, 4) is 0 Å². The zero-order chi connectivity index (χ0) is 16.3. The molecule has 0 aromatic heterocycles. The predicted molar refractivity (Wildman–Crippen MR) is 91.4 cm³/mol. The molecule has 3 rings (SSSR count). The van der Waals surface area contributed by atoms with Gasteiger partial charge in [0.25, 0.3) is 0 Å². The monoisotopic (exact) mass is 330 g/mol. The fourth-order valence-corrected chi connectivity index (χ4v) is 4.47. The van der Waals surface area contributed by atoms with E-state index >= 15 is 0 Å². The van der Waals surface area contributed by atoms with Crippen LogP contribution < -0.4 is 10.2 Å². The summed E-state index contributed by atoms with van der Waals surface area (Å²) >= 11 is 0. The van der Waals surface area contributed by atoms with Gasteiger partial charge in [0.15, 0.2) is 9.84 Å². The molecular weight excluding hydrogens is 312 g/mol. The van der Waals surface area contributed by atoms with E-state index in [0.29, 0.717) is 17.8 Å². The van der Waals surface area contributed by atoms with Crippen molar-refractivity contribution in [3.05, 3.63) is 60.7 Å². The molecule has 0 bridgehead atoms. The fraction of sp³-hybridized carbons (Fsp3) is 0.235. The maximum absolute atomic E-state index is 12.7. The van der Waals surface area contributed by atoms with E-state index in [0.717, 1.165) is 0 Å². The standard InChI is InChI=1S/C17H18N2O3S/c20-17(18-14-7-3-1-4-8-14)19(15-9-5-2-6-10-15)16-11-12-23(21,22)13-16/h1-10,16H,11-13H2,(H,18,20). The van der Waals surface area contributed by atoms with Crippen LogP contribution in [-0.4, -0.2) is 32.0 Å². The highest BCUT2D eigenvalue weighted by Crippen LogP contribution is 2.25. The van der Waals surface area contributed by atoms with Crippen LogP contribution in [0.4, 0.5) is 16.2 Å². The molecule has 1 fully saturated rings. The Morgan fingerprint density at radius 3 is 2.17 bits per heavy atom. The van der Waals surface area contributed by atoms with Gasteiger partial charge in [-0.15, -0.1) is 0 Å². The molecule has 2 aromatic carbocycles. The van der Waals surface area contributed by atoms with Crippen molar-refractivity contribution in [1.82, 2.24) is 0 Å². The van der Waals surface area contributed by atoms with Gasteiger partial charge in [0.05, 0.1) is 17.5 Å². The summed E-state index contributed by atoms with van der Waals surface area (Å²) in [5.41, 5.74) is 1.38. The van der Waals surface area contributed by atoms with Crippen LogP contribution in [0, 0.1) is 0 Å². The number of nitrogens with zero attached hydrogens (tertiary/aromatic N) is 1. The quantitative estimate of drug-likeness (QED) is 0.941. The van der Waals surface area contributed by atoms with E-state index in [2.05, 4.69) is 5.32 Å². The third-order valence-electron chi connectivity index (χ3n) is 3.85. The van der Waals surface area contributed by atoms with E-state index in [1.165, 1.54) is 0 Å². The summed E-state index contributed by atoms with van der Waals surface area (Å²) in [6, 6.07) is 17.6. The van der Waals surface area contributed by atoms with Gasteiger partial charge in [0.1, 0.15) is 0 Å². The average Bonchev–Trinajstić information content (AvgIpc) is 2.89. The summed E-state index contributed by atoms with van der Waals surface area (Å²) in [4.78, 5) is 14.3. The number of nitrogens with one attached hydrogen (secondary N) is 1. The Kier molecular flexibility index (Phi) is 4.34. The summed E-state index contributed by atoms with van der Waals surface area (Å²) in [7, 11) is -3.08. The minimum Gasteiger partial charge on any atom is -0.308 e. The number of benzene rings is 2. The van der Waals surface area contributed by atoms with Crippen molar-refractivity contribution < 1.29 is 13.2 Å². The van der Waals surface area contributed by atoms with Crippen molar-refractivity contribution in [3.63, 3.8) is 0 Å². The van der Waals surface area contributed by atoms with Crippen LogP contribution in [0.3, 0.4) is 0 Å². The molecule has 1 atom stereocenters. The molecule has 1 heterocycles. The van der Waals surface area contributed by atoms with E-state index in [1.54, 1.807) is 17.0 Å². The van der Waals surface area contributed by atoms with Crippen molar-refractivity contribution in [1.29, 1.82) is 0 Å². The minimum atomic E-state index is -3.08. The summed E-state index contributed by atoms with van der Waals surface area (Å²) < 4.78 is 23.6. The molecule has 0 radical (unpaired) electrons. The summed E-state index contributed by atoms with van der Waals surface area (Å²) in [6.07, 6.45) is 0.458. The number of rotatable bonds is 3. The first-order valence-corrected chi connectivity index (χ1v) is 9.28. The Morgan fingerprint density at radius 2 is 1.61 bits per heavy atom. The van der Waals surface area contributed by atoms with Crippen LogP contribution in [-0.2, 0) is 9.84 Å². The number of hydrogen-bond donors (Lipinski definition) is 1. The molecule has 23 heavy (non-hydrogen) atoms. The van der Waals surface area contributed by atoms with E-state index in [1.807, 2.05) is 48.5 Å². The molecule has 1 unspecified atom stereocenters. The van der Waals surface area contributed by atoms with Crippen LogP contribution in [0.5, 0.6) is 0 Å². The van der Waals surface area contributed by atoms with Crippen LogP contribution in [0.15, 0.2) is 60.7 Å². The first-order valence-electron chi connectivity index (χ1n) is 7.46. The van der Waals surface area contributed by atoms with E-state index in [9.17, 15) is 13.2 Å². The number of carbonyl (C=O) groups is 1. The largest absolute Gasteiger partial charge is 0.326 e. The van der Waals surface area contributed by atoms with Gasteiger partial charge in [0, 0.05) is 11.4 Å². The second kappa shape index (κ2) is 6.42. The maximum atomic E-state index is 12.7. The summed E-state index contributed by atoms with van der Waals surface area (Å²) in [5.74, 6) is 0.129. The first kappa shape index (κ1) is 15.6. The highest BCUT2D eigenvalue weighted by molar-refractivity contribution is 7.91. The lowest BCUT2D eigenvalue weighted by Gasteiger charge is -2.28. The van der Waals surface area contributed by atoms with Gasteiger partial charge < -0.3 is 5.32 Å². The van der Waals surface area contributed by atoms with Crippen LogP contribution in [0.2, 0.25) is 0 Å². The van der Waals surface area contributed by atoms with Crippen molar-refractivity contribution >= 4 is 27.2 Å². The summed E-state index contributed by atoms with van der Waals surface area (Å²) in [5, 5.41) is 2.84. The third kappa shape index (κ3) is 3.71. The van der Waals surface area contributed by atoms with Gasteiger partial charge in [-0.2, -0.15) is 0 Å². The second-order valence-electron chi connectivity index (χ2n) is 5.56. The van der Waals surface area contributed by atoms with Gasteiger partial charge in [-0.25, -0.2) is 13.2 Å². The van der Waals surface area contributed by atoms with Gasteiger partial charge in [-0.3, -0.25) is 4.90 Å². The van der Waals surface area contributed by atoms with Crippen LogP contribution in [0.25, 0.3) is 0 Å². The molecular formula is C17H18N2O3S. The smallest absolute Gasteiger partial charge is 0.308 e. The molecule has 5 nitrogen and oxygen atoms in total. The highest BCUT2D eigenvalue weighted by Gasteiger charge is 2.35. The van der Waals surface area contributed by atoms with Gasteiger partial charge in [0.2, 0.25) is 0 Å². The van der Waals surface area contributed by atoms with Crippen molar-refractivity contribution in [2.75, 3.05) is 21.7 Å². The first-order chi connectivity index (χ1) is 11.1. The third-order valence-corrected chi connectivity index (χ3v) is 5.60. The van der Waals surface area contributed by atoms with Gasteiger partial charge in [-0.1, -0.05) is 36.4 Å². The topological polar surface area (TPSA) is 66.5 Å². The molecule has 1 aliphatic heterocycles. The van der Waals surface area contributed by atoms with E-state index in [4.69, 9.17) is 0 Å². The molecule has 2 aromatic rings. The predicted octanol–water partition coefficient (Wildman–Crippen LogP) is 2.91. The Balaban J connectivity index is 1.88. The number of urea groups is 1. The Morgan fingerprint density at radius 1 is 1.00 bits per heavy atom. The highest BCUT2D eigenvalue weighted by atomic mass is 32.2. The SMILES string of the molecule is O=C(Nc1ccccc1)N(c1ccccc1)C1CCS(=O)(=O)C1. The Bertz CT molecular complexity index is 776. The normalized spacial score (nSPS) is 19.2. The number of sulfone groups is 1. The molecule has 1 N–H and O–H groups in total. The molecule has 1 aliphatic rings. The fourth-order valence-electron chi connectivity index (χ4n) is 2.77. The van der Waals surface area contributed by atoms with Crippen LogP contribution in [0.1, 0.15) is 6.42 Å². The van der Waals surface area contributed by atoms with Crippen molar-refractivity contribution in [2.24, 2.45) is 0 Å². The summed E-state index contributed by atoms with van der Waals surface area (Å²) in [6.45, 7) is 0. The zero-order valence-electron chi connectivity index (χ0n) is 12.6. The second-order valence-corrected chi connectivity index (χ2v) is 7.79. The number of anilines is 2. The molecule has 1 saturated heterocycles. The molecule has 0 spiro atoms. The number of para-hydroxylation sites is 2. The molecule has 2 amide bonds. The van der Waals surface area contributed by atoms with E-state index < -0.39 is 9.84 Å². The van der Waals surface area contributed by atoms with Crippen LogP contribution >= 0.6 is 0 Å². The lowest BCUT2D eigenvalue weighted by Crippen LogP contribution is -2.43. The minimum absolute atomic E-state index is 0.00407. The lowest BCUT2D eigenvalue weighted by molar-refractivity contribution is 0.255. The molecule has 6 heteroatoms. The number of hydrogen-bond acceptors (Lipinski definition) is 3. The Labute approximate surface area is 135 Å². The van der Waals surface area contributed by atoms with E-state index in [-0.39, 0.29) is 23.6 Å². The molecule has 120 valence electrons. The molecule has 0 aliphatic carbocycles. The Hall–Kier alpha value is -2.34.